The van der Waals surface area contributed by atoms with E-state index >= 15 is 0 Å². The third-order valence-corrected chi connectivity index (χ3v) is 4.69. The van der Waals surface area contributed by atoms with Crippen LogP contribution in [0.2, 0.25) is 0 Å². The fraction of sp³-hybridized carbons (Fsp3) is 0.273. The summed E-state index contributed by atoms with van der Waals surface area (Å²) in [5.74, 6) is -0.477. The monoisotopic (exact) mass is 391 g/mol. The average molecular weight is 391 g/mol. The first-order chi connectivity index (χ1) is 14.1. The molecule has 0 aliphatic rings. The molecule has 0 spiro atoms. The largest absolute Gasteiger partial charge is 0.351 e. The first kappa shape index (κ1) is 20.4. The van der Waals surface area contributed by atoms with Crippen LogP contribution in [0, 0.1) is 0 Å². The first-order valence-electron chi connectivity index (χ1n) is 9.74. The van der Waals surface area contributed by atoms with Gasteiger partial charge in [0.15, 0.2) is 0 Å². The highest BCUT2D eigenvalue weighted by molar-refractivity contribution is 6.04. The van der Waals surface area contributed by atoms with Gasteiger partial charge in [0.25, 0.3) is 11.8 Å². The topological polar surface area (TPSA) is 87.2 Å². The standard InChI is InChI=1S/C22H25N5O2/c1-3-27(4-2)14-13-23-21(28)16-9-11-17(12-10-16)25-22(29)20-15-24-18-7-5-6-8-19(18)26-20/h5-12,15H,3-4,13-14H2,1-2H3,(H,23,28)(H,25,29). The second kappa shape index (κ2) is 9.75. The molecule has 1 heterocycles. The van der Waals surface area contributed by atoms with Gasteiger partial charge in [0.2, 0.25) is 0 Å². The van der Waals surface area contributed by atoms with Crippen LogP contribution in [0.5, 0.6) is 0 Å². The molecule has 0 bridgehead atoms. The van der Waals surface area contributed by atoms with Crippen LogP contribution >= 0.6 is 0 Å². The number of hydrogen-bond acceptors (Lipinski definition) is 5. The zero-order valence-corrected chi connectivity index (χ0v) is 16.7. The Kier molecular flexibility index (Phi) is 6.86. The number of nitrogens with zero attached hydrogens (tertiary/aromatic N) is 3. The maximum absolute atomic E-state index is 12.4. The number of aromatic nitrogens is 2. The normalized spacial score (nSPS) is 10.9. The zero-order valence-electron chi connectivity index (χ0n) is 16.7. The lowest BCUT2D eigenvalue weighted by molar-refractivity contribution is 0.0948. The molecular weight excluding hydrogens is 366 g/mol. The summed E-state index contributed by atoms with van der Waals surface area (Å²) in [4.78, 5) is 35.5. The highest BCUT2D eigenvalue weighted by atomic mass is 16.2. The van der Waals surface area contributed by atoms with Gasteiger partial charge in [-0.3, -0.25) is 14.6 Å². The number of para-hydroxylation sites is 2. The summed E-state index contributed by atoms with van der Waals surface area (Å²) < 4.78 is 0. The summed E-state index contributed by atoms with van der Waals surface area (Å²) in [6, 6.07) is 14.2. The zero-order chi connectivity index (χ0) is 20.6. The lowest BCUT2D eigenvalue weighted by Crippen LogP contribution is -2.34. The number of anilines is 1. The SMILES string of the molecule is CCN(CC)CCNC(=O)c1ccc(NC(=O)c2cnc3ccccc3n2)cc1. The molecule has 0 fully saturated rings. The molecule has 150 valence electrons. The maximum atomic E-state index is 12.4. The number of hydrogen-bond donors (Lipinski definition) is 2. The third-order valence-electron chi connectivity index (χ3n) is 4.69. The summed E-state index contributed by atoms with van der Waals surface area (Å²) in [7, 11) is 0. The van der Waals surface area contributed by atoms with E-state index in [1.807, 2.05) is 24.3 Å². The molecule has 29 heavy (non-hydrogen) atoms. The van der Waals surface area contributed by atoms with Crippen molar-refractivity contribution < 1.29 is 9.59 Å². The van der Waals surface area contributed by atoms with Crippen molar-refractivity contribution in [2.45, 2.75) is 13.8 Å². The summed E-state index contributed by atoms with van der Waals surface area (Å²) >= 11 is 0. The Labute approximate surface area is 170 Å². The van der Waals surface area contributed by atoms with Gasteiger partial charge in [0.05, 0.1) is 17.2 Å². The van der Waals surface area contributed by atoms with Crippen LogP contribution in [0.25, 0.3) is 11.0 Å². The Hall–Kier alpha value is -3.32. The third kappa shape index (κ3) is 5.36. The molecular formula is C22H25N5O2. The molecule has 7 nitrogen and oxygen atoms in total. The van der Waals surface area contributed by atoms with Crippen LogP contribution in [0.3, 0.4) is 0 Å². The summed E-state index contributed by atoms with van der Waals surface area (Å²) in [5, 5.41) is 5.70. The fourth-order valence-corrected chi connectivity index (χ4v) is 2.94. The first-order valence-corrected chi connectivity index (χ1v) is 9.74. The van der Waals surface area contributed by atoms with Crippen LogP contribution in [-0.4, -0.2) is 52.9 Å². The van der Waals surface area contributed by atoms with E-state index in [-0.39, 0.29) is 17.5 Å². The fourth-order valence-electron chi connectivity index (χ4n) is 2.94. The number of rotatable bonds is 8. The van der Waals surface area contributed by atoms with Crippen LogP contribution < -0.4 is 10.6 Å². The van der Waals surface area contributed by atoms with Crippen LogP contribution in [0.15, 0.2) is 54.7 Å². The Morgan fingerprint density at radius 3 is 2.31 bits per heavy atom. The Bertz CT molecular complexity index is 984. The van der Waals surface area contributed by atoms with Crippen molar-refractivity contribution in [2.24, 2.45) is 0 Å². The maximum Gasteiger partial charge on any atom is 0.275 e. The number of likely N-dealkylation sites (N-methyl/N-ethyl adjacent to an activating group) is 1. The predicted molar refractivity (Wildman–Crippen MR) is 114 cm³/mol. The van der Waals surface area contributed by atoms with Crippen LogP contribution in [-0.2, 0) is 0 Å². The Morgan fingerprint density at radius 2 is 1.62 bits per heavy atom. The number of fused-ring (bicyclic) bond motifs is 1. The van der Waals surface area contributed by atoms with E-state index in [1.165, 1.54) is 6.20 Å². The van der Waals surface area contributed by atoms with E-state index in [9.17, 15) is 9.59 Å². The number of amides is 2. The summed E-state index contributed by atoms with van der Waals surface area (Å²) in [6.07, 6.45) is 1.45. The lowest BCUT2D eigenvalue weighted by Gasteiger charge is -2.17. The van der Waals surface area contributed by atoms with E-state index in [4.69, 9.17) is 0 Å². The second-order valence-electron chi connectivity index (χ2n) is 6.56. The van der Waals surface area contributed by atoms with E-state index in [2.05, 4.69) is 39.3 Å². The van der Waals surface area contributed by atoms with Crippen molar-refractivity contribution in [3.8, 4) is 0 Å². The molecule has 0 atom stereocenters. The summed E-state index contributed by atoms with van der Waals surface area (Å²) in [6.45, 7) is 7.54. The van der Waals surface area contributed by atoms with Gasteiger partial charge in [0, 0.05) is 24.3 Å². The van der Waals surface area contributed by atoms with Gasteiger partial charge in [0.1, 0.15) is 5.69 Å². The number of nitrogens with one attached hydrogen (secondary N) is 2. The lowest BCUT2D eigenvalue weighted by atomic mass is 10.2. The quantitative estimate of drug-likeness (QED) is 0.616. The molecule has 7 heteroatoms. The Morgan fingerprint density at radius 1 is 0.931 bits per heavy atom. The van der Waals surface area contributed by atoms with Crippen molar-refractivity contribution in [2.75, 3.05) is 31.5 Å². The second-order valence-corrected chi connectivity index (χ2v) is 6.56. The highest BCUT2D eigenvalue weighted by Gasteiger charge is 2.11. The van der Waals surface area contributed by atoms with Crippen LogP contribution in [0.1, 0.15) is 34.7 Å². The van der Waals surface area contributed by atoms with Crippen LogP contribution in [0.4, 0.5) is 5.69 Å². The van der Waals surface area contributed by atoms with Gasteiger partial charge in [-0.2, -0.15) is 0 Å². The van der Waals surface area contributed by atoms with Gasteiger partial charge < -0.3 is 15.5 Å². The predicted octanol–water partition coefficient (Wildman–Crippen LogP) is 2.95. The molecule has 0 saturated carbocycles. The van der Waals surface area contributed by atoms with Gasteiger partial charge in [-0.1, -0.05) is 26.0 Å². The minimum Gasteiger partial charge on any atom is -0.351 e. The van der Waals surface area contributed by atoms with Crippen molar-refractivity contribution in [3.05, 3.63) is 66.0 Å². The summed E-state index contributed by atoms with van der Waals surface area (Å²) in [5.41, 5.74) is 2.77. The van der Waals surface area contributed by atoms with E-state index in [0.29, 0.717) is 23.3 Å². The molecule has 2 amide bonds. The van der Waals surface area contributed by atoms with E-state index in [0.717, 1.165) is 25.2 Å². The van der Waals surface area contributed by atoms with Crippen molar-refractivity contribution in [1.29, 1.82) is 0 Å². The van der Waals surface area contributed by atoms with Gasteiger partial charge >= 0.3 is 0 Å². The van der Waals surface area contributed by atoms with E-state index in [1.54, 1.807) is 24.3 Å². The van der Waals surface area contributed by atoms with Crippen molar-refractivity contribution >= 4 is 28.5 Å². The number of carbonyl (C=O) groups is 2. The van der Waals surface area contributed by atoms with Crippen molar-refractivity contribution in [3.63, 3.8) is 0 Å². The minimum atomic E-state index is -0.348. The average Bonchev–Trinajstić information content (AvgIpc) is 2.76. The van der Waals surface area contributed by atoms with Crippen molar-refractivity contribution in [1.82, 2.24) is 20.2 Å². The molecule has 0 saturated heterocycles. The molecule has 3 rings (SSSR count). The molecule has 3 aromatic rings. The van der Waals surface area contributed by atoms with Gasteiger partial charge in [-0.25, -0.2) is 4.98 Å². The molecule has 1 aromatic heterocycles. The smallest absolute Gasteiger partial charge is 0.275 e. The molecule has 0 radical (unpaired) electrons. The van der Waals surface area contributed by atoms with E-state index < -0.39 is 0 Å². The highest BCUT2D eigenvalue weighted by Crippen LogP contribution is 2.13. The molecule has 2 aromatic carbocycles. The molecule has 0 unspecified atom stereocenters. The van der Waals surface area contributed by atoms with Gasteiger partial charge in [-0.15, -0.1) is 0 Å². The number of benzene rings is 2. The molecule has 0 aliphatic heterocycles. The molecule has 2 N–H and O–H groups in total. The van der Waals surface area contributed by atoms with Gasteiger partial charge in [-0.05, 0) is 49.5 Å². The number of carbonyl (C=O) groups excluding carboxylic acids is 2. The molecule has 0 aliphatic carbocycles. The Balaban J connectivity index is 1.58. The minimum absolute atomic E-state index is 0.129.